The number of Topliss-reactive ketones (excluding diaryl/α,β-unsaturated/α-hetero) is 3. The highest BCUT2D eigenvalue weighted by atomic mass is 19.1. The van der Waals surface area contributed by atoms with E-state index in [2.05, 4.69) is 4.98 Å². The number of aliphatic hydroxyl groups is 1. The lowest BCUT2D eigenvalue weighted by molar-refractivity contribution is -0.142. The number of hydrogen-bond acceptors (Lipinski definition) is 9. The van der Waals surface area contributed by atoms with Crippen molar-refractivity contribution >= 4 is 34.2 Å². The maximum absolute atomic E-state index is 13.2. The van der Waals surface area contributed by atoms with Crippen molar-refractivity contribution in [3.8, 4) is 23.0 Å². The molecule has 0 unspecified atom stereocenters. The summed E-state index contributed by atoms with van der Waals surface area (Å²) in [5.41, 5.74) is 1.31. The first-order valence-electron chi connectivity index (χ1n) is 14.4. The topological polar surface area (TPSA) is 149 Å². The van der Waals surface area contributed by atoms with Crippen molar-refractivity contribution in [1.82, 2.24) is 4.98 Å². The molecule has 4 aromatic rings. The molecule has 46 heavy (non-hydrogen) atoms. The van der Waals surface area contributed by atoms with Crippen LogP contribution in [-0.2, 0) is 32.0 Å². The van der Waals surface area contributed by atoms with Crippen molar-refractivity contribution in [2.24, 2.45) is 5.41 Å². The lowest BCUT2D eigenvalue weighted by Crippen LogP contribution is -2.28. The molecular weight excluding hydrogens is 597 g/mol. The molecular formula is C35H34FNO9. The highest BCUT2D eigenvalue weighted by Crippen LogP contribution is 2.49. The molecule has 1 aromatic heterocycles. The molecule has 1 aliphatic rings. The van der Waals surface area contributed by atoms with Gasteiger partial charge < -0.3 is 24.4 Å². The number of carbonyl (C=O) groups is 4. The van der Waals surface area contributed by atoms with Gasteiger partial charge in [0, 0.05) is 30.5 Å². The Bertz CT molecular complexity index is 1730. The molecule has 0 amide bonds. The molecule has 0 spiro atoms. The van der Waals surface area contributed by atoms with E-state index >= 15 is 0 Å². The summed E-state index contributed by atoms with van der Waals surface area (Å²) in [6, 6.07) is 18.5. The number of benzene rings is 3. The lowest BCUT2D eigenvalue weighted by atomic mass is 9.88. The zero-order valence-electron chi connectivity index (χ0n) is 25.6. The molecule has 1 fully saturated rings. The standard InChI is InChI=1S/C30H26FNO5.C5H8O4/c1-35-26-17-23-24(18-27(26)36-2)32-14-11-25(23)37-22-9-5-20(6-10-22)16-29(34)30(12-13-30)28(33)15-19-3-7-21(31)8-4-19;1-3(6)4(7)2-5(8)9/h3-11,14,17-18H,12-13,15-16H2,1-2H3;4,7H,2H2,1H3,(H,8,9)/t;4-/m.1/s1. The molecule has 3 aromatic carbocycles. The van der Waals surface area contributed by atoms with Crippen molar-refractivity contribution in [2.45, 2.75) is 45.1 Å². The third-order valence-electron chi connectivity index (χ3n) is 7.66. The Kier molecular flexibility index (Phi) is 10.8. The van der Waals surface area contributed by atoms with Crippen molar-refractivity contribution < 1.29 is 48.0 Å². The number of ketones is 3. The van der Waals surface area contributed by atoms with E-state index in [1.54, 1.807) is 56.8 Å². The third kappa shape index (κ3) is 8.30. The van der Waals surface area contributed by atoms with Gasteiger partial charge in [0.15, 0.2) is 28.8 Å². The minimum Gasteiger partial charge on any atom is -0.493 e. The zero-order valence-corrected chi connectivity index (χ0v) is 25.6. The summed E-state index contributed by atoms with van der Waals surface area (Å²) in [6.07, 6.45) is 1.25. The lowest BCUT2D eigenvalue weighted by Gasteiger charge is -2.14. The summed E-state index contributed by atoms with van der Waals surface area (Å²) in [6.45, 7) is 1.15. The number of aliphatic hydroxyl groups excluding tert-OH is 1. The predicted molar refractivity (Wildman–Crippen MR) is 166 cm³/mol. The van der Waals surface area contributed by atoms with Gasteiger partial charge in [0.25, 0.3) is 0 Å². The van der Waals surface area contributed by atoms with Gasteiger partial charge in [0.1, 0.15) is 23.4 Å². The van der Waals surface area contributed by atoms with Gasteiger partial charge in [-0.2, -0.15) is 0 Å². The van der Waals surface area contributed by atoms with Crippen molar-refractivity contribution in [3.63, 3.8) is 0 Å². The minimum absolute atomic E-state index is 0.0746. The second kappa shape index (κ2) is 14.7. The number of methoxy groups -OCH3 is 2. The van der Waals surface area contributed by atoms with E-state index in [0.29, 0.717) is 46.9 Å². The van der Waals surface area contributed by atoms with Crippen LogP contribution in [-0.4, -0.2) is 58.8 Å². The number of aliphatic carboxylic acids is 1. The van der Waals surface area contributed by atoms with Crippen molar-refractivity contribution in [2.75, 3.05) is 14.2 Å². The van der Waals surface area contributed by atoms with Crippen LogP contribution in [0.3, 0.4) is 0 Å². The van der Waals surface area contributed by atoms with Crippen molar-refractivity contribution in [1.29, 1.82) is 0 Å². The Balaban J connectivity index is 0.000000468. The predicted octanol–water partition coefficient (Wildman–Crippen LogP) is 5.30. The Labute approximate surface area is 264 Å². The molecule has 0 bridgehead atoms. The number of halogens is 1. The van der Waals surface area contributed by atoms with E-state index in [4.69, 9.17) is 24.4 Å². The molecule has 11 heteroatoms. The summed E-state index contributed by atoms with van der Waals surface area (Å²) in [5, 5.41) is 17.4. The smallest absolute Gasteiger partial charge is 0.306 e. The number of carboxylic acids is 1. The molecule has 2 N–H and O–H groups in total. The Morgan fingerprint density at radius 1 is 0.848 bits per heavy atom. The number of ether oxygens (including phenoxy) is 3. The number of hydrogen-bond donors (Lipinski definition) is 2. The first kappa shape index (κ1) is 33.7. The van der Waals surface area contributed by atoms with Gasteiger partial charge in [-0.25, -0.2) is 4.39 Å². The highest BCUT2D eigenvalue weighted by Gasteiger charge is 2.54. The molecule has 1 atom stereocenters. The van der Waals surface area contributed by atoms with Gasteiger partial charge >= 0.3 is 5.97 Å². The SMILES string of the molecule is CC(=O)[C@H](O)CC(=O)O.COc1cc2nccc(Oc3ccc(CC(=O)C4(C(=O)Cc5ccc(F)cc5)CC4)cc3)c2cc1OC. The number of aromatic nitrogens is 1. The number of carbonyl (C=O) groups excluding carboxylic acids is 3. The Morgan fingerprint density at radius 2 is 1.39 bits per heavy atom. The van der Waals surface area contributed by atoms with Crippen LogP contribution in [0.5, 0.6) is 23.0 Å². The van der Waals surface area contributed by atoms with E-state index in [1.165, 1.54) is 12.1 Å². The fourth-order valence-corrected chi connectivity index (χ4v) is 4.80. The number of carboxylic acid groups (broad SMARTS) is 1. The van der Waals surface area contributed by atoms with E-state index in [1.807, 2.05) is 18.2 Å². The van der Waals surface area contributed by atoms with E-state index in [0.717, 1.165) is 17.9 Å². The molecule has 240 valence electrons. The van der Waals surface area contributed by atoms with Crippen LogP contribution < -0.4 is 14.2 Å². The van der Waals surface area contributed by atoms with Crippen LogP contribution >= 0.6 is 0 Å². The molecule has 1 saturated carbocycles. The van der Waals surface area contributed by atoms with Crippen LogP contribution in [0, 0.1) is 11.2 Å². The number of nitrogens with zero attached hydrogens (tertiary/aromatic N) is 1. The van der Waals surface area contributed by atoms with Crippen molar-refractivity contribution in [3.05, 3.63) is 89.9 Å². The van der Waals surface area contributed by atoms with Gasteiger partial charge in [-0.3, -0.25) is 24.2 Å². The van der Waals surface area contributed by atoms with Crippen LogP contribution in [0.4, 0.5) is 4.39 Å². The third-order valence-corrected chi connectivity index (χ3v) is 7.66. The molecule has 5 rings (SSSR count). The number of fused-ring (bicyclic) bond motifs is 1. The first-order valence-corrected chi connectivity index (χ1v) is 14.4. The molecule has 0 radical (unpaired) electrons. The Morgan fingerprint density at radius 3 is 1.87 bits per heavy atom. The average molecular weight is 632 g/mol. The summed E-state index contributed by atoms with van der Waals surface area (Å²) in [7, 11) is 3.14. The van der Waals surface area contributed by atoms with Gasteiger partial charge in [-0.1, -0.05) is 24.3 Å². The van der Waals surface area contributed by atoms with Gasteiger partial charge in [-0.05, 0) is 67.3 Å². The molecule has 0 saturated heterocycles. The maximum atomic E-state index is 13.2. The highest BCUT2D eigenvalue weighted by molar-refractivity contribution is 6.11. The largest absolute Gasteiger partial charge is 0.493 e. The quantitative estimate of drug-likeness (QED) is 0.186. The zero-order chi connectivity index (χ0) is 33.4. The molecule has 10 nitrogen and oxygen atoms in total. The van der Waals surface area contributed by atoms with E-state index in [9.17, 15) is 23.6 Å². The van der Waals surface area contributed by atoms with Gasteiger partial charge in [0.05, 0.1) is 31.6 Å². The minimum atomic E-state index is -1.34. The van der Waals surface area contributed by atoms with Gasteiger partial charge in [-0.15, -0.1) is 0 Å². The molecule has 0 aliphatic heterocycles. The first-order chi connectivity index (χ1) is 21.9. The molecule has 1 aliphatic carbocycles. The monoisotopic (exact) mass is 631 g/mol. The summed E-state index contributed by atoms with van der Waals surface area (Å²) in [4.78, 5) is 50.3. The number of rotatable bonds is 13. The number of pyridine rings is 1. The second-order valence-corrected chi connectivity index (χ2v) is 10.9. The van der Waals surface area contributed by atoms with E-state index in [-0.39, 0.29) is 30.2 Å². The van der Waals surface area contributed by atoms with E-state index < -0.39 is 29.7 Å². The fourth-order valence-electron chi connectivity index (χ4n) is 4.80. The molecule has 1 heterocycles. The normalized spacial score (nSPS) is 13.5. The summed E-state index contributed by atoms with van der Waals surface area (Å²) in [5.74, 6) is 0.163. The average Bonchev–Trinajstić information content (AvgIpc) is 3.85. The van der Waals surface area contributed by atoms with Crippen LogP contribution in [0.1, 0.15) is 37.3 Å². The van der Waals surface area contributed by atoms with Crippen LogP contribution in [0.25, 0.3) is 10.9 Å². The summed E-state index contributed by atoms with van der Waals surface area (Å²) >= 11 is 0. The Hall–Kier alpha value is -5.16. The second-order valence-electron chi connectivity index (χ2n) is 10.9. The van der Waals surface area contributed by atoms with Crippen LogP contribution in [0.15, 0.2) is 72.9 Å². The van der Waals surface area contributed by atoms with Gasteiger partial charge in [0.2, 0.25) is 0 Å². The summed E-state index contributed by atoms with van der Waals surface area (Å²) < 4.78 is 30.0. The fraction of sp³-hybridized carbons (Fsp3) is 0.286. The van der Waals surface area contributed by atoms with Crippen LogP contribution in [0.2, 0.25) is 0 Å². The maximum Gasteiger partial charge on any atom is 0.306 e.